The molecule has 0 bridgehead atoms. The number of carbonyl (C=O) groups is 1. The Kier molecular flexibility index (Phi) is 5.97. The van der Waals surface area contributed by atoms with Crippen LogP contribution in [0.5, 0.6) is 0 Å². The highest BCUT2D eigenvalue weighted by Gasteiger charge is 2.27. The van der Waals surface area contributed by atoms with Crippen LogP contribution in [0.2, 0.25) is 5.02 Å². The minimum absolute atomic E-state index is 0.0489. The second kappa shape index (κ2) is 9.13. The third-order valence-corrected chi connectivity index (χ3v) is 5.98. The molecular formula is C27H17ClF3N3O2. The molecule has 0 saturated carbocycles. The molecule has 3 aromatic carbocycles. The number of hydrogen-bond acceptors (Lipinski definition) is 3. The summed E-state index contributed by atoms with van der Waals surface area (Å²) in [6.45, 7) is -1.43. The van der Waals surface area contributed by atoms with E-state index < -0.39 is 18.6 Å². The molecule has 5 nitrogen and oxygen atoms in total. The Morgan fingerprint density at radius 3 is 2.31 bits per heavy atom. The van der Waals surface area contributed by atoms with E-state index in [2.05, 4.69) is 4.98 Å². The first-order chi connectivity index (χ1) is 17.2. The number of carbonyl (C=O) groups excluding carboxylic acids is 1. The minimum Gasteiger partial charge on any atom is -0.343 e. The van der Waals surface area contributed by atoms with E-state index in [9.17, 15) is 22.8 Å². The summed E-state index contributed by atoms with van der Waals surface area (Å²) in [4.78, 5) is 29.6. The van der Waals surface area contributed by atoms with Crippen molar-refractivity contribution in [1.82, 2.24) is 14.9 Å². The number of nitrogens with one attached hydrogen (secondary N) is 1. The first-order valence-electron chi connectivity index (χ1n) is 10.9. The van der Waals surface area contributed by atoms with Crippen molar-refractivity contribution < 1.29 is 18.0 Å². The van der Waals surface area contributed by atoms with Gasteiger partial charge in [0.1, 0.15) is 6.54 Å². The number of amides is 1. The highest BCUT2D eigenvalue weighted by atomic mass is 35.5. The third-order valence-electron chi connectivity index (χ3n) is 5.73. The molecule has 180 valence electrons. The van der Waals surface area contributed by atoms with Crippen LogP contribution in [0.25, 0.3) is 38.6 Å². The number of benzene rings is 3. The van der Waals surface area contributed by atoms with Crippen LogP contribution in [-0.2, 0) is 0 Å². The minimum atomic E-state index is -4.51. The lowest BCUT2D eigenvalue weighted by Crippen LogP contribution is -2.33. The maximum absolute atomic E-state index is 13.0. The van der Waals surface area contributed by atoms with Crippen LogP contribution >= 0.6 is 11.6 Å². The lowest BCUT2D eigenvalue weighted by molar-refractivity contribution is -0.123. The predicted octanol–water partition coefficient (Wildman–Crippen LogP) is 6.15. The van der Waals surface area contributed by atoms with E-state index >= 15 is 0 Å². The van der Waals surface area contributed by atoms with Gasteiger partial charge in [-0.2, -0.15) is 13.2 Å². The van der Waals surface area contributed by atoms with Crippen LogP contribution in [0.1, 0.15) is 10.4 Å². The molecule has 5 rings (SSSR count). The molecule has 0 radical (unpaired) electrons. The molecule has 0 aliphatic carbocycles. The van der Waals surface area contributed by atoms with Crippen molar-refractivity contribution in [3.8, 4) is 16.8 Å². The van der Waals surface area contributed by atoms with E-state index in [0.29, 0.717) is 21.7 Å². The van der Waals surface area contributed by atoms with Gasteiger partial charge in [0.25, 0.3) is 11.5 Å². The molecule has 2 aromatic heterocycles. The maximum atomic E-state index is 13.0. The van der Waals surface area contributed by atoms with Gasteiger partial charge in [-0.1, -0.05) is 29.8 Å². The van der Waals surface area contributed by atoms with Crippen molar-refractivity contribution in [2.24, 2.45) is 0 Å². The lowest BCUT2D eigenvalue weighted by atomic mass is 10.0. The standard InChI is InChI=1S/C27H17ClF3N3O2/c28-20-7-1-16(2-8-20)18-5-11-23-22(13-18)25-19(14-32-23)6-12-24(35)34(25)21-9-3-17(4-10-21)26(36)33-15-27(29,30)31/h1-14H,15H2,(H,33,36). The van der Waals surface area contributed by atoms with Crippen LogP contribution in [-0.4, -0.2) is 28.2 Å². The Hall–Kier alpha value is -4.17. The Morgan fingerprint density at radius 2 is 1.61 bits per heavy atom. The second-order valence-corrected chi connectivity index (χ2v) is 8.59. The van der Waals surface area contributed by atoms with Crippen molar-refractivity contribution >= 4 is 39.3 Å². The van der Waals surface area contributed by atoms with E-state index in [1.165, 1.54) is 34.9 Å². The van der Waals surface area contributed by atoms with Gasteiger partial charge in [-0.25, -0.2) is 0 Å². The average Bonchev–Trinajstić information content (AvgIpc) is 2.87. The lowest BCUT2D eigenvalue weighted by Gasteiger charge is -2.14. The van der Waals surface area contributed by atoms with Crippen molar-refractivity contribution in [1.29, 1.82) is 0 Å². The highest BCUT2D eigenvalue weighted by molar-refractivity contribution is 6.30. The van der Waals surface area contributed by atoms with Crippen LogP contribution in [0, 0.1) is 0 Å². The summed E-state index contributed by atoms with van der Waals surface area (Å²) in [5, 5.41) is 3.93. The van der Waals surface area contributed by atoms with Crippen LogP contribution in [0.4, 0.5) is 13.2 Å². The molecule has 5 aromatic rings. The fraction of sp³-hybridized carbons (Fsp3) is 0.0741. The molecule has 0 unspecified atom stereocenters. The monoisotopic (exact) mass is 507 g/mol. The molecular weight excluding hydrogens is 491 g/mol. The number of alkyl halides is 3. The Morgan fingerprint density at radius 1 is 0.917 bits per heavy atom. The highest BCUT2D eigenvalue weighted by Crippen LogP contribution is 2.30. The van der Waals surface area contributed by atoms with Crippen LogP contribution in [0.3, 0.4) is 0 Å². The summed E-state index contributed by atoms with van der Waals surface area (Å²) >= 11 is 6.02. The zero-order valence-corrected chi connectivity index (χ0v) is 19.3. The van der Waals surface area contributed by atoms with Gasteiger partial charge in [-0.3, -0.25) is 19.1 Å². The molecule has 9 heteroatoms. The SMILES string of the molecule is O=C(NCC(F)(F)F)c1ccc(-n2c(=O)ccc3cnc4ccc(-c5ccc(Cl)cc5)cc4c32)cc1. The molecule has 0 atom stereocenters. The molecule has 1 amide bonds. The molecule has 1 N–H and O–H groups in total. The Balaban J connectivity index is 1.63. The number of nitrogens with zero attached hydrogens (tertiary/aromatic N) is 2. The van der Waals surface area contributed by atoms with E-state index in [0.717, 1.165) is 21.9 Å². The number of aromatic nitrogens is 2. The van der Waals surface area contributed by atoms with Crippen molar-refractivity contribution in [2.45, 2.75) is 6.18 Å². The van der Waals surface area contributed by atoms with Crippen molar-refractivity contribution in [3.63, 3.8) is 0 Å². The summed E-state index contributed by atoms with van der Waals surface area (Å²) in [7, 11) is 0. The summed E-state index contributed by atoms with van der Waals surface area (Å²) in [6, 6.07) is 22.1. The van der Waals surface area contributed by atoms with E-state index in [1.54, 1.807) is 24.4 Å². The quantitative estimate of drug-likeness (QED) is 0.297. The van der Waals surface area contributed by atoms with Gasteiger partial charge >= 0.3 is 6.18 Å². The second-order valence-electron chi connectivity index (χ2n) is 8.15. The summed E-state index contributed by atoms with van der Waals surface area (Å²) in [6.07, 6.45) is -2.83. The number of halogens is 4. The summed E-state index contributed by atoms with van der Waals surface area (Å²) in [5.41, 5.74) is 3.36. The number of pyridine rings is 2. The first-order valence-corrected chi connectivity index (χ1v) is 11.2. The predicted molar refractivity (Wildman–Crippen MR) is 134 cm³/mol. The summed E-state index contributed by atoms with van der Waals surface area (Å²) < 4.78 is 38.8. The number of hydrogen-bond donors (Lipinski definition) is 1. The molecule has 0 spiro atoms. The van der Waals surface area contributed by atoms with Gasteiger partial charge in [0.15, 0.2) is 0 Å². The largest absolute Gasteiger partial charge is 0.405 e. The molecule has 2 heterocycles. The van der Waals surface area contributed by atoms with Gasteiger partial charge in [0.05, 0.1) is 11.0 Å². The van der Waals surface area contributed by atoms with Gasteiger partial charge in [0.2, 0.25) is 0 Å². The first kappa shape index (κ1) is 23.6. The zero-order valence-electron chi connectivity index (χ0n) is 18.5. The van der Waals surface area contributed by atoms with Gasteiger partial charge < -0.3 is 5.32 Å². The Labute approximate surface area is 207 Å². The van der Waals surface area contributed by atoms with E-state index in [1.807, 2.05) is 35.6 Å². The van der Waals surface area contributed by atoms with E-state index in [-0.39, 0.29) is 11.1 Å². The molecule has 0 aliphatic rings. The summed E-state index contributed by atoms with van der Waals surface area (Å²) in [5.74, 6) is -0.855. The normalized spacial score (nSPS) is 11.7. The molecule has 0 aliphatic heterocycles. The van der Waals surface area contributed by atoms with Gasteiger partial charge in [0, 0.05) is 39.3 Å². The smallest absolute Gasteiger partial charge is 0.343 e. The van der Waals surface area contributed by atoms with Crippen LogP contribution < -0.4 is 10.9 Å². The molecule has 0 saturated heterocycles. The Bertz CT molecular complexity index is 1660. The average molecular weight is 508 g/mol. The molecule has 0 fully saturated rings. The van der Waals surface area contributed by atoms with Crippen LogP contribution in [0.15, 0.2) is 89.9 Å². The molecule has 36 heavy (non-hydrogen) atoms. The zero-order chi connectivity index (χ0) is 25.4. The number of fused-ring (bicyclic) bond motifs is 3. The fourth-order valence-corrected chi connectivity index (χ4v) is 4.16. The van der Waals surface area contributed by atoms with Crippen molar-refractivity contribution in [3.05, 3.63) is 106 Å². The van der Waals surface area contributed by atoms with Gasteiger partial charge in [-0.15, -0.1) is 0 Å². The third kappa shape index (κ3) is 4.67. The fourth-order valence-electron chi connectivity index (χ4n) is 4.03. The van der Waals surface area contributed by atoms with E-state index in [4.69, 9.17) is 11.6 Å². The van der Waals surface area contributed by atoms with Crippen molar-refractivity contribution in [2.75, 3.05) is 6.54 Å². The maximum Gasteiger partial charge on any atom is 0.405 e. The number of rotatable bonds is 4. The van der Waals surface area contributed by atoms with Gasteiger partial charge in [-0.05, 0) is 65.7 Å². The topological polar surface area (TPSA) is 64.0 Å².